The second kappa shape index (κ2) is 9.99. The lowest BCUT2D eigenvalue weighted by atomic mass is 9.87. The molecule has 0 bridgehead atoms. The van der Waals surface area contributed by atoms with E-state index in [1.165, 1.54) is 11.8 Å². The number of rotatable bonds is 5. The summed E-state index contributed by atoms with van der Waals surface area (Å²) in [6, 6.07) is 2.30. The van der Waals surface area contributed by atoms with Crippen molar-refractivity contribution in [3.8, 4) is 0 Å². The Morgan fingerprint density at radius 2 is 1.69 bits per heavy atom. The molecule has 0 spiro atoms. The van der Waals surface area contributed by atoms with E-state index >= 15 is 8.78 Å². The first kappa shape index (κ1) is 26.7. The minimum atomic E-state index is -0.984. The van der Waals surface area contributed by atoms with Crippen molar-refractivity contribution in [2.45, 2.75) is 90.5 Å². The number of carbonyl (C=O) groups is 3. The highest BCUT2D eigenvalue weighted by Gasteiger charge is 2.54. The second-order valence-electron chi connectivity index (χ2n) is 10.2. The number of hydrogen-bond donors (Lipinski definition) is 1. The summed E-state index contributed by atoms with van der Waals surface area (Å²) < 4.78 is 41.4. The number of cyclic esters (lactones) is 1. The lowest BCUT2D eigenvalue weighted by Gasteiger charge is -2.38. The lowest BCUT2D eigenvalue weighted by Crippen LogP contribution is -2.56. The topological polar surface area (TPSA) is 88.2 Å². The quantitative estimate of drug-likeness (QED) is 0.617. The number of nitrogens with one attached hydrogen (secondary N) is 1. The summed E-state index contributed by atoms with van der Waals surface area (Å²) in [6.45, 7) is 11.0. The smallest absolute Gasteiger partial charge is 0.417 e. The van der Waals surface area contributed by atoms with E-state index in [0.717, 1.165) is 12.1 Å². The van der Waals surface area contributed by atoms with Gasteiger partial charge in [-0.25, -0.2) is 18.4 Å². The molecule has 1 atom stereocenters. The molecule has 0 radical (unpaired) electrons. The number of piperidine rings is 1. The van der Waals surface area contributed by atoms with Crippen molar-refractivity contribution >= 4 is 23.8 Å². The average molecular weight is 496 g/mol. The lowest BCUT2D eigenvalue weighted by molar-refractivity contribution is -0.122. The summed E-state index contributed by atoms with van der Waals surface area (Å²) in [7, 11) is 0. The van der Waals surface area contributed by atoms with Crippen molar-refractivity contribution in [3.05, 3.63) is 29.3 Å². The molecule has 1 N–H and O–H groups in total. The van der Waals surface area contributed by atoms with E-state index in [9.17, 15) is 14.4 Å². The maximum atomic E-state index is 15.3. The van der Waals surface area contributed by atoms with Gasteiger partial charge in [0.05, 0.1) is 5.69 Å². The van der Waals surface area contributed by atoms with Gasteiger partial charge in [-0.3, -0.25) is 9.69 Å². The minimum absolute atomic E-state index is 0.0384. The van der Waals surface area contributed by atoms with Gasteiger partial charge in [0.2, 0.25) is 12.1 Å². The zero-order valence-corrected chi connectivity index (χ0v) is 21.2. The fraction of sp³-hybridized carbons (Fsp3) is 0.640. The molecule has 194 valence electrons. The molecule has 10 heteroatoms. The Hall–Kier alpha value is -2.91. The van der Waals surface area contributed by atoms with Gasteiger partial charge < -0.3 is 19.7 Å². The van der Waals surface area contributed by atoms with E-state index in [-0.39, 0.29) is 17.2 Å². The Labute approximate surface area is 204 Å². The molecule has 1 aromatic rings. The zero-order chi connectivity index (χ0) is 26.1. The first-order valence-electron chi connectivity index (χ1n) is 12.1. The van der Waals surface area contributed by atoms with E-state index in [0.29, 0.717) is 38.8 Å². The first-order chi connectivity index (χ1) is 16.3. The first-order valence-corrected chi connectivity index (χ1v) is 12.1. The number of carbonyl (C=O) groups excluding carboxylic acids is 3. The number of amides is 3. The standard InChI is InChI=1S/C25H35F2N3O5/c1-7-25(8-2)21(28-15(3)31)34-23(33)30(25)17-13-18(26)20(19(27)14-17)16-9-11-29(12-10-16)22(32)35-24(4,5)6/h13-14,16,21H,7-12H2,1-6H3,(H,28,31)/t21-/m0/s1. The largest absolute Gasteiger partial charge is 0.444 e. The normalized spacial score (nSPS) is 20.6. The Morgan fingerprint density at radius 1 is 1.14 bits per heavy atom. The SMILES string of the molecule is CCC1(CC)[C@@H](NC(C)=O)OC(=O)N1c1cc(F)c(C2CCN(C(=O)OC(C)(C)C)CC2)c(F)c1. The number of anilines is 1. The van der Waals surface area contributed by atoms with Crippen LogP contribution in [0.2, 0.25) is 0 Å². The van der Waals surface area contributed by atoms with Crippen molar-refractivity contribution in [3.63, 3.8) is 0 Å². The fourth-order valence-corrected chi connectivity index (χ4v) is 4.98. The molecule has 0 saturated carbocycles. The predicted octanol–water partition coefficient (Wildman–Crippen LogP) is 5.06. The van der Waals surface area contributed by atoms with Gasteiger partial charge >= 0.3 is 12.2 Å². The summed E-state index contributed by atoms with van der Waals surface area (Å²) in [6.07, 6.45) is -0.588. The molecule has 0 unspecified atom stereocenters. The third-order valence-electron chi connectivity index (χ3n) is 6.77. The molecule has 0 aromatic heterocycles. The Kier molecular flexibility index (Phi) is 7.62. The summed E-state index contributed by atoms with van der Waals surface area (Å²) in [5, 5.41) is 2.63. The van der Waals surface area contributed by atoms with Gasteiger partial charge in [-0.15, -0.1) is 0 Å². The number of nitrogens with zero attached hydrogens (tertiary/aromatic N) is 2. The molecular weight excluding hydrogens is 460 g/mol. The Balaban J connectivity index is 1.83. The van der Waals surface area contributed by atoms with E-state index in [2.05, 4.69) is 5.32 Å². The third-order valence-corrected chi connectivity index (χ3v) is 6.77. The molecule has 2 heterocycles. The molecule has 2 aliphatic rings. The van der Waals surface area contributed by atoms with Crippen LogP contribution in [0.25, 0.3) is 0 Å². The van der Waals surface area contributed by atoms with Gasteiger partial charge in [0.15, 0.2) is 0 Å². The van der Waals surface area contributed by atoms with Crippen molar-refractivity contribution in [2.24, 2.45) is 0 Å². The maximum absolute atomic E-state index is 15.3. The highest BCUT2D eigenvalue weighted by atomic mass is 19.1. The van der Waals surface area contributed by atoms with Crippen molar-refractivity contribution in [2.75, 3.05) is 18.0 Å². The van der Waals surface area contributed by atoms with Crippen LogP contribution in [0.5, 0.6) is 0 Å². The number of halogens is 2. The van der Waals surface area contributed by atoms with Crippen LogP contribution in [-0.2, 0) is 14.3 Å². The van der Waals surface area contributed by atoms with Gasteiger partial charge in [-0.05, 0) is 64.5 Å². The highest BCUT2D eigenvalue weighted by Crippen LogP contribution is 2.42. The maximum Gasteiger partial charge on any atom is 0.417 e. The summed E-state index contributed by atoms with van der Waals surface area (Å²) in [5.74, 6) is -2.30. The van der Waals surface area contributed by atoms with Crippen LogP contribution < -0.4 is 10.2 Å². The highest BCUT2D eigenvalue weighted by molar-refractivity contribution is 5.92. The van der Waals surface area contributed by atoms with Crippen LogP contribution in [0.4, 0.5) is 24.1 Å². The molecule has 0 aliphatic carbocycles. The summed E-state index contributed by atoms with van der Waals surface area (Å²) in [4.78, 5) is 39.5. The molecule has 1 aromatic carbocycles. The van der Waals surface area contributed by atoms with Gasteiger partial charge in [-0.2, -0.15) is 0 Å². The molecule has 2 aliphatic heterocycles. The van der Waals surface area contributed by atoms with Gasteiger partial charge in [0.1, 0.15) is 22.8 Å². The van der Waals surface area contributed by atoms with Crippen LogP contribution in [0.3, 0.4) is 0 Å². The predicted molar refractivity (Wildman–Crippen MR) is 126 cm³/mol. The van der Waals surface area contributed by atoms with Crippen molar-refractivity contribution in [1.82, 2.24) is 10.2 Å². The molecule has 8 nitrogen and oxygen atoms in total. The molecule has 2 fully saturated rings. The van der Waals surface area contributed by atoms with Gasteiger partial charge in [0.25, 0.3) is 0 Å². The van der Waals surface area contributed by atoms with Crippen LogP contribution in [0.15, 0.2) is 12.1 Å². The van der Waals surface area contributed by atoms with Crippen LogP contribution in [0.1, 0.15) is 78.7 Å². The van der Waals surface area contributed by atoms with E-state index in [1.807, 2.05) is 13.8 Å². The average Bonchev–Trinajstić information content (AvgIpc) is 3.02. The van der Waals surface area contributed by atoms with Gasteiger partial charge in [-0.1, -0.05) is 13.8 Å². The zero-order valence-electron chi connectivity index (χ0n) is 21.2. The molecule has 3 rings (SSSR count). The number of likely N-dealkylation sites (tertiary alicyclic amines) is 1. The Morgan fingerprint density at radius 3 is 2.14 bits per heavy atom. The fourth-order valence-electron chi connectivity index (χ4n) is 4.98. The summed E-state index contributed by atoms with van der Waals surface area (Å²) >= 11 is 0. The second-order valence-corrected chi connectivity index (χ2v) is 10.2. The van der Waals surface area contributed by atoms with Crippen molar-refractivity contribution in [1.29, 1.82) is 0 Å². The number of ether oxygens (including phenoxy) is 2. The van der Waals surface area contributed by atoms with Crippen LogP contribution >= 0.6 is 0 Å². The molecule has 2 saturated heterocycles. The third kappa shape index (κ3) is 5.36. The molecule has 35 heavy (non-hydrogen) atoms. The van der Waals surface area contributed by atoms with Crippen molar-refractivity contribution < 1.29 is 32.6 Å². The summed E-state index contributed by atoms with van der Waals surface area (Å²) in [5.41, 5.74) is -1.62. The Bertz CT molecular complexity index is 959. The van der Waals surface area contributed by atoms with Crippen LogP contribution in [0, 0.1) is 11.6 Å². The molecule has 3 amide bonds. The van der Waals surface area contributed by atoms with E-state index in [4.69, 9.17) is 9.47 Å². The monoisotopic (exact) mass is 495 g/mol. The molecular formula is C25H35F2N3O5. The number of benzene rings is 1. The van der Waals surface area contributed by atoms with Crippen LogP contribution in [-0.4, -0.2) is 53.5 Å². The minimum Gasteiger partial charge on any atom is -0.444 e. The van der Waals surface area contributed by atoms with Gasteiger partial charge in [0, 0.05) is 25.6 Å². The number of hydrogen-bond acceptors (Lipinski definition) is 5. The van der Waals surface area contributed by atoms with E-state index < -0.39 is 47.1 Å². The van der Waals surface area contributed by atoms with E-state index in [1.54, 1.807) is 25.7 Å².